The third-order valence-electron chi connectivity index (χ3n) is 7.31. The summed E-state index contributed by atoms with van der Waals surface area (Å²) in [6.07, 6.45) is 2.62. The lowest BCUT2D eigenvalue weighted by atomic mass is 10.0. The van der Waals surface area contributed by atoms with Crippen molar-refractivity contribution in [1.29, 1.82) is 0 Å². The Hall–Kier alpha value is -4.04. The van der Waals surface area contributed by atoms with Crippen molar-refractivity contribution in [3.63, 3.8) is 0 Å². The highest BCUT2D eigenvalue weighted by molar-refractivity contribution is 5.94. The molecule has 2 aliphatic heterocycles. The smallest absolute Gasteiger partial charge is 0.255 e. The molecule has 1 amide bonds. The molecule has 2 aromatic heterocycles. The average molecular weight is 495 g/mol. The summed E-state index contributed by atoms with van der Waals surface area (Å²) in [5.74, 6) is 1.72. The van der Waals surface area contributed by atoms with E-state index >= 15 is 0 Å². The predicted octanol–water partition coefficient (Wildman–Crippen LogP) is 3.15. The zero-order chi connectivity index (χ0) is 25.2. The number of likely N-dealkylation sites (tertiary alicyclic amines) is 1. The van der Waals surface area contributed by atoms with Crippen LogP contribution in [-0.4, -0.2) is 76.5 Å². The number of anilines is 2. The molecule has 2 aromatic carbocycles. The van der Waals surface area contributed by atoms with E-state index in [2.05, 4.69) is 73.5 Å². The number of nitrogens with zero attached hydrogens (tertiary/aromatic N) is 6. The second-order valence-corrected chi connectivity index (χ2v) is 9.75. The van der Waals surface area contributed by atoms with Crippen molar-refractivity contribution >= 4 is 28.3 Å². The maximum atomic E-state index is 12.7. The Labute approximate surface area is 216 Å². The van der Waals surface area contributed by atoms with E-state index in [1.807, 2.05) is 18.2 Å². The molecule has 37 heavy (non-hydrogen) atoms. The summed E-state index contributed by atoms with van der Waals surface area (Å²) >= 11 is 0. The van der Waals surface area contributed by atoms with Crippen molar-refractivity contribution < 1.29 is 9.90 Å². The summed E-state index contributed by atoms with van der Waals surface area (Å²) in [6.45, 7) is 4.22. The summed E-state index contributed by atoms with van der Waals surface area (Å²) in [4.78, 5) is 23.5. The number of amides is 1. The minimum absolute atomic E-state index is 0.0680. The number of hydrogen-bond acceptors (Lipinski definition) is 7. The van der Waals surface area contributed by atoms with Gasteiger partial charge in [-0.05, 0) is 24.1 Å². The average Bonchev–Trinajstić information content (AvgIpc) is 3.40. The summed E-state index contributed by atoms with van der Waals surface area (Å²) in [5.41, 5.74) is 2.78. The predicted molar refractivity (Wildman–Crippen MR) is 144 cm³/mol. The third-order valence-corrected chi connectivity index (χ3v) is 7.31. The molecule has 1 atom stereocenters. The summed E-state index contributed by atoms with van der Waals surface area (Å²) < 4.78 is 0. The van der Waals surface area contributed by atoms with Crippen LogP contribution in [0.2, 0.25) is 0 Å². The summed E-state index contributed by atoms with van der Waals surface area (Å²) in [5, 5.41) is 21.3. The minimum Gasteiger partial charge on any atom is -0.391 e. The monoisotopic (exact) mass is 494 g/mol. The quantitative estimate of drug-likeness (QED) is 0.456. The van der Waals surface area contributed by atoms with Gasteiger partial charge in [0.15, 0.2) is 5.82 Å². The largest absolute Gasteiger partial charge is 0.391 e. The highest BCUT2D eigenvalue weighted by Gasteiger charge is 2.26. The van der Waals surface area contributed by atoms with Gasteiger partial charge in [0.05, 0.1) is 17.4 Å². The van der Waals surface area contributed by atoms with Gasteiger partial charge in [0.2, 0.25) is 0 Å². The lowest BCUT2D eigenvalue weighted by molar-refractivity contribution is 0.0764. The molecular formula is C29H30N6O2. The van der Waals surface area contributed by atoms with E-state index in [9.17, 15) is 9.90 Å². The molecular weight excluding hydrogens is 464 g/mol. The number of benzene rings is 2. The SMILES string of the molecule is O=C(c1ccc(N2CCN(c3nnc(Cc4ccccc4)c4ccccc34)CC2)nc1)N1CCC(O)C1. The van der Waals surface area contributed by atoms with Crippen LogP contribution in [0.5, 0.6) is 0 Å². The molecule has 1 N–H and O–H groups in total. The number of piperazine rings is 1. The molecule has 6 rings (SSSR count). The topological polar surface area (TPSA) is 85.7 Å². The Bertz CT molecular complexity index is 1390. The van der Waals surface area contributed by atoms with Crippen LogP contribution in [0.4, 0.5) is 11.6 Å². The van der Waals surface area contributed by atoms with Crippen LogP contribution in [0.25, 0.3) is 10.8 Å². The molecule has 2 fully saturated rings. The highest BCUT2D eigenvalue weighted by Crippen LogP contribution is 2.28. The van der Waals surface area contributed by atoms with Gasteiger partial charge in [-0.3, -0.25) is 4.79 Å². The molecule has 0 bridgehead atoms. The number of aromatic nitrogens is 3. The second kappa shape index (κ2) is 10.1. The van der Waals surface area contributed by atoms with Gasteiger partial charge in [0, 0.05) is 62.7 Å². The van der Waals surface area contributed by atoms with Crippen LogP contribution in [0.3, 0.4) is 0 Å². The van der Waals surface area contributed by atoms with Gasteiger partial charge in [-0.2, -0.15) is 5.10 Å². The number of carbonyl (C=O) groups is 1. The Morgan fingerprint density at radius 1 is 0.838 bits per heavy atom. The van der Waals surface area contributed by atoms with Crippen LogP contribution >= 0.6 is 0 Å². The molecule has 188 valence electrons. The standard InChI is InChI=1S/C29H30N6O2/c36-23-12-13-35(20-23)29(37)22-10-11-27(30-19-22)33-14-16-34(17-15-33)28-25-9-5-4-8-24(25)26(31-32-28)18-21-6-2-1-3-7-21/h1-11,19,23,36H,12-18,20H2. The zero-order valence-corrected chi connectivity index (χ0v) is 20.7. The van der Waals surface area contributed by atoms with E-state index < -0.39 is 6.10 Å². The fourth-order valence-electron chi connectivity index (χ4n) is 5.25. The third kappa shape index (κ3) is 4.84. The minimum atomic E-state index is -0.422. The van der Waals surface area contributed by atoms with Gasteiger partial charge in [-0.15, -0.1) is 5.10 Å². The van der Waals surface area contributed by atoms with Gasteiger partial charge >= 0.3 is 0 Å². The molecule has 4 aromatic rings. The lowest BCUT2D eigenvalue weighted by Gasteiger charge is -2.36. The molecule has 0 saturated carbocycles. The highest BCUT2D eigenvalue weighted by atomic mass is 16.3. The van der Waals surface area contributed by atoms with Crippen molar-refractivity contribution in [3.05, 3.63) is 89.7 Å². The molecule has 2 aliphatic rings. The number of carbonyl (C=O) groups excluding carboxylic acids is 1. The first-order chi connectivity index (χ1) is 18.2. The number of rotatable bonds is 5. The number of hydrogen-bond donors (Lipinski definition) is 1. The van der Waals surface area contributed by atoms with Crippen molar-refractivity contribution in [1.82, 2.24) is 20.1 Å². The van der Waals surface area contributed by atoms with Crippen LogP contribution in [0.15, 0.2) is 72.9 Å². The van der Waals surface area contributed by atoms with Crippen molar-refractivity contribution in [3.8, 4) is 0 Å². The van der Waals surface area contributed by atoms with E-state index in [0.717, 1.165) is 60.7 Å². The van der Waals surface area contributed by atoms with Gasteiger partial charge in [0.1, 0.15) is 5.82 Å². The van der Waals surface area contributed by atoms with Crippen LogP contribution in [-0.2, 0) is 6.42 Å². The molecule has 8 heteroatoms. The van der Waals surface area contributed by atoms with Crippen LogP contribution in [0.1, 0.15) is 28.0 Å². The Morgan fingerprint density at radius 2 is 1.57 bits per heavy atom. The van der Waals surface area contributed by atoms with E-state index in [4.69, 9.17) is 0 Å². The van der Waals surface area contributed by atoms with Gasteiger partial charge < -0.3 is 19.8 Å². The molecule has 8 nitrogen and oxygen atoms in total. The van der Waals surface area contributed by atoms with Crippen molar-refractivity contribution in [2.45, 2.75) is 18.9 Å². The van der Waals surface area contributed by atoms with E-state index in [0.29, 0.717) is 25.1 Å². The summed E-state index contributed by atoms with van der Waals surface area (Å²) in [6, 6.07) is 22.5. The van der Waals surface area contributed by atoms with Crippen molar-refractivity contribution in [2.75, 3.05) is 49.1 Å². The fraction of sp³-hybridized carbons (Fsp3) is 0.310. The summed E-state index contributed by atoms with van der Waals surface area (Å²) in [7, 11) is 0. The molecule has 0 radical (unpaired) electrons. The van der Waals surface area contributed by atoms with E-state index in [1.54, 1.807) is 11.1 Å². The first kappa shape index (κ1) is 23.4. The van der Waals surface area contributed by atoms with Gasteiger partial charge in [0.25, 0.3) is 5.91 Å². The fourth-order valence-corrected chi connectivity index (χ4v) is 5.25. The van der Waals surface area contributed by atoms with Crippen molar-refractivity contribution in [2.24, 2.45) is 0 Å². The molecule has 0 spiro atoms. The zero-order valence-electron chi connectivity index (χ0n) is 20.7. The Morgan fingerprint density at radius 3 is 2.27 bits per heavy atom. The first-order valence-electron chi connectivity index (χ1n) is 12.9. The van der Waals surface area contributed by atoms with Gasteiger partial charge in [-0.1, -0.05) is 54.6 Å². The number of aliphatic hydroxyl groups excluding tert-OH is 1. The van der Waals surface area contributed by atoms with Crippen LogP contribution < -0.4 is 9.80 Å². The Kier molecular flexibility index (Phi) is 6.40. The van der Waals surface area contributed by atoms with E-state index in [1.165, 1.54) is 5.56 Å². The van der Waals surface area contributed by atoms with E-state index in [-0.39, 0.29) is 5.91 Å². The van der Waals surface area contributed by atoms with Crippen LogP contribution in [0, 0.1) is 0 Å². The number of β-amino-alcohol motifs (C(OH)–C–C–N with tert-alkyl or cyclic N) is 1. The number of aliphatic hydroxyl groups is 1. The molecule has 2 saturated heterocycles. The normalized spacial score (nSPS) is 18.0. The maximum Gasteiger partial charge on any atom is 0.255 e. The number of pyridine rings is 1. The lowest BCUT2D eigenvalue weighted by Crippen LogP contribution is -2.47. The second-order valence-electron chi connectivity index (χ2n) is 9.75. The van der Waals surface area contributed by atoms with Gasteiger partial charge in [-0.25, -0.2) is 4.98 Å². The maximum absolute atomic E-state index is 12.7. The molecule has 1 unspecified atom stereocenters. The Balaban J connectivity index is 1.14. The molecule has 0 aliphatic carbocycles. The first-order valence-corrected chi connectivity index (χ1v) is 12.9. The molecule has 4 heterocycles. The number of fused-ring (bicyclic) bond motifs is 1.